The van der Waals surface area contributed by atoms with Crippen LogP contribution in [0.3, 0.4) is 0 Å². The van der Waals surface area contributed by atoms with E-state index >= 15 is 0 Å². The van der Waals surface area contributed by atoms with Gasteiger partial charge in [-0.3, -0.25) is 9.48 Å². The third kappa shape index (κ3) is 5.17. The van der Waals surface area contributed by atoms with Crippen LogP contribution in [-0.2, 0) is 16.8 Å². The molecule has 0 saturated carbocycles. The molecule has 25 heavy (non-hydrogen) atoms. The zero-order chi connectivity index (χ0) is 18.6. The van der Waals surface area contributed by atoms with Crippen LogP contribution >= 0.6 is 0 Å². The van der Waals surface area contributed by atoms with E-state index < -0.39 is 5.97 Å². The zero-order valence-electron chi connectivity index (χ0n) is 15.1. The van der Waals surface area contributed by atoms with Crippen LogP contribution in [0.1, 0.15) is 61.8 Å². The van der Waals surface area contributed by atoms with Gasteiger partial charge in [-0.2, -0.15) is 5.10 Å². The quantitative estimate of drug-likeness (QED) is 0.844. The van der Waals surface area contributed by atoms with Gasteiger partial charge < -0.3 is 10.4 Å². The minimum absolute atomic E-state index is 0.0206. The maximum atomic E-state index is 12.1. The van der Waals surface area contributed by atoms with Crippen molar-refractivity contribution in [1.82, 2.24) is 15.1 Å². The number of aromatic carboxylic acids is 1. The van der Waals surface area contributed by atoms with E-state index in [0.29, 0.717) is 6.54 Å². The Balaban J connectivity index is 1.87. The van der Waals surface area contributed by atoms with E-state index in [1.165, 1.54) is 16.3 Å². The summed E-state index contributed by atoms with van der Waals surface area (Å²) in [7, 11) is 0. The summed E-state index contributed by atoms with van der Waals surface area (Å²) in [5.41, 5.74) is 2.38. The van der Waals surface area contributed by atoms with Gasteiger partial charge in [0.2, 0.25) is 5.91 Å². The van der Waals surface area contributed by atoms with Crippen LogP contribution in [0.15, 0.2) is 36.5 Å². The second-order valence-corrected chi connectivity index (χ2v) is 7.18. The molecule has 6 nitrogen and oxygen atoms in total. The fourth-order valence-electron chi connectivity index (χ4n) is 2.49. The molecule has 0 aliphatic heterocycles. The molecule has 1 aromatic heterocycles. The molecule has 0 spiro atoms. The average Bonchev–Trinajstić information content (AvgIpc) is 3.01. The van der Waals surface area contributed by atoms with Crippen molar-refractivity contribution >= 4 is 11.9 Å². The lowest BCUT2D eigenvalue weighted by Gasteiger charge is -2.20. The predicted octanol–water partition coefficient (Wildman–Crippen LogP) is 3.15. The third-order valence-electron chi connectivity index (χ3n) is 4.08. The number of nitrogens with one attached hydrogen (secondary N) is 1. The predicted molar refractivity (Wildman–Crippen MR) is 95.5 cm³/mol. The molecular formula is C19H25N3O3. The van der Waals surface area contributed by atoms with Gasteiger partial charge in [-0.25, -0.2) is 4.79 Å². The van der Waals surface area contributed by atoms with Crippen LogP contribution < -0.4 is 5.32 Å². The first-order chi connectivity index (χ1) is 11.7. The standard InChI is InChI=1S/C19H25N3O3/c1-13(14-5-7-15(8-6-14)19(2,3)4)20-17(23)10-12-22-11-9-16(21-22)18(24)25/h5-9,11,13H,10,12H2,1-4H3,(H,20,23)(H,24,25). The largest absolute Gasteiger partial charge is 0.476 e. The van der Waals surface area contributed by atoms with E-state index in [-0.39, 0.29) is 29.5 Å². The number of amides is 1. The van der Waals surface area contributed by atoms with Gasteiger partial charge in [0.05, 0.1) is 6.04 Å². The summed E-state index contributed by atoms with van der Waals surface area (Å²) >= 11 is 0. The Hall–Kier alpha value is -2.63. The van der Waals surface area contributed by atoms with Crippen molar-refractivity contribution in [1.29, 1.82) is 0 Å². The number of rotatable bonds is 6. The van der Waals surface area contributed by atoms with Crippen LogP contribution in [0, 0.1) is 0 Å². The van der Waals surface area contributed by atoms with Gasteiger partial charge in [0.15, 0.2) is 5.69 Å². The number of hydrogen-bond donors (Lipinski definition) is 2. The maximum Gasteiger partial charge on any atom is 0.356 e. The number of carbonyl (C=O) groups is 2. The summed E-state index contributed by atoms with van der Waals surface area (Å²) < 4.78 is 1.46. The Morgan fingerprint density at radius 3 is 2.36 bits per heavy atom. The summed E-state index contributed by atoms with van der Waals surface area (Å²) in [6, 6.07) is 9.59. The number of hydrogen-bond acceptors (Lipinski definition) is 3. The molecule has 2 rings (SSSR count). The molecule has 0 aliphatic rings. The minimum Gasteiger partial charge on any atom is -0.476 e. The molecule has 1 aromatic carbocycles. The number of benzene rings is 1. The van der Waals surface area contributed by atoms with Crippen LogP contribution in [0.4, 0.5) is 0 Å². The first-order valence-electron chi connectivity index (χ1n) is 8.33. The Kier molecular flexibility index (Phi) is 5.62. The number of carboxylic acids is 1. The first-order valence-corrected chi connectivity index (χ1v) is 8.33. The van der Waals surface area contributed by atoms with Gasteiger partial charge in [-0.05, 0) is 29.5 Å². The van der Waals surface area contributed by atoms with Crippen molar-refractivity contribution < 1.29 is 14.7 Å². The Bertz CT molecular complexity index is 742. The van der Waals surface area contributed by atoms with Gasteiger partial charge in [-0.15, -0.1) is 0 Å². The number of carbonyl (C=O) groups excluding carboxylic acids is 1. The highest BCUT2D eigenvalue weighted by molar-refractivity contribution is 5.85. The molecule has 2 N–H and O–H groups in total. The van der Waals surface area contributed by atoms with Crippen molar-refractivity contribution in [3.63, 3.8) is 0 Å². The molecule has 6 heteroatoms. The van der Waals surface area contributed by atoms with Crippen molar-refractivity contribution in [3.05, 3.63) is 53.3 Å². The van der Waals surface area contributed by atoms with Gasteiger partial charge in [0.1, 0.15) is 0 Å². The zero-order valence-corrected chi connectivity index (χ0v) is 15.1. The summed E-state index contributed by atoms with van der Waals surface area (Å²) in [4.78, 5) is 22.9. The lowest BCUT2D eigenvalue weighted by Crippen LogP contribution is -2.27. The van der Waals surface area contributed by atoms with Gasteiger partial charge in [0, 0.05) is 19.2 Å². The number of nitrogens with zero attached hydrogens (tertiary/aromatic N) is 2. The molecular weight excluding hydrogens is 318 g/mol. The summed E-state index contributed by atoms with van der Waals surface area (Å²) in [6.45, 7) is 8.78. The summed E-state index contributed by atoms with van der Waals surface area (Å²) in [6.07, 6.45) is 1.80. The van der Waals surface area contributed by atoms with Crippen LogP contribution in [0.25, 0.3) is 0 Å². The van der Waals surface area contributed by atoms with E-state index in [4.69, 9.17) is 5.11 Å². The lowest BCUT2D eigenvalue weighted by molar-refractivity contribution is -0.122. The number of carboxylic acid groups (broad SMARTS) is 1. The molecule has 1 heterocycles. The Morgan fingerprint density at radius 1 is 1.20 bits per heavy atom. The molecule has 0 fully saturated rings. The van der Waals surface area contributed by atoms with E-state index in [9.17, 15) is 9.59 Å². The third-order valence-corrected chi connectivity index (χ3v) is 4.08. The topological polar surface area (TPSA) is 84.2 Å². The highest BCUT2D eigenvalue weighted by atomic mass is 16.4. The van der Waals surface area contributed by atoms with Crippen LogP contribution in [-0.4, -0.2) is 26.8 Å². The average molecular weight is 343 g/mol. The molecule has 0 saturated heterocycles. The highest BCUT2D eigenvalue weighted by Crippen LogP contribution is 2.23. The van der Waals surface area contributed by atoms with Crippen LogP contribution in [0.5, 0.6) is 0 Å². The van der Waals surface area contributed by atoms with Crippen LogP contribution in [0.2, 0.25) is 0 Å². The summed E-state index contributed by atoms with van der Waals surface area (Å²) in [5.74, 6) is -1.17. The fraction of sp³-hybridized carbons (Fsp3) is 0.421. The molecule has 2 aromatic rings. The molecule has 1 amide bonds. The number of aryl methyl sites for hydroxylation is 1. The smallest absolute Gasteiger partial charge is 0.356 e. The van der Waals surface area contributed by atoms with E-state index in [1.807, 2.05) is 19.1 Å². The summed E-state index contributed by atoms with van der Waals surface area (Å²) in [5, 5.41) is 15.7. The van der Waals surface area contributed by atoms with Crippen molar-refractivity contribution in [3.8, 4) is 0 Å². The van der Waals surface area contributed by atoms with Gasteiger partial charge in [0.25, 0.3) is 0 Å². The van der Waals surface area contributed by atoms with E-state index in [0.717, 1.165) is 5.56 Å². The highest BCUT2D eigenvalue weighted by Gasteiger charge is 2.15. The minimum atomic E-state index is -1.07. The molecule has 0 aliphatic carbocycles. The van der Waals surface area contributed by atoms with Gasteiger partial charge >= 0.3 is 5.97 Å². The van der Waals surface area contributed by atoms with E-state index in [1.54, 1.807) is 6.20 Å². The second kappa shape index (κ2) is 7.51. The van der Waals surface area contributed by atoms with E-state index in [2.05, 4.69) is 43.3 Å². The first kappa shape index (κ1) is 18.7. The molecule has 0 bridgehead atoms. The maximum absolute atomic E-state index is 12.1. The lowest BCUT2D eigenvalue weighted by atomic mass is 9.86. The Labute approximate surface area is 147 Å². The molecule has 1 atom stereocenters. The monoisotopic (exact) mass is 343 g/mol. The van der Waals surface area contributed by atoms with Gasteiger partial charge in [-0.1, -0.05) is 45.0 Å². The molecule has 0 radical (unpaired) electrons. The SMILES string of the molecule is CC(NC(=O)CCn1ccc(C(=O)O)n1)c1ccc(C(C)(C)C)cc1. The second-order valence-electron chi connectivity index (χ2n) is 7.18. The number of aromatic nitrogens is 2. The van der Waals surface area contributed by atoms with Crippen molar-refractivity contribution in [2.75, 3.05) is 0 Å². The van der Waals surface area contributed by atoms with Crippen molar-refractivity contribution in [2.45, 2.75) is 52.1 Å². The Morgan fingerprint density at radius 2 is 1.84 bits per heavy atom. The fourth-order valence-corrected chi connectivity index (χ4v) is 2.49. The molecule has 1 unspecified atom stereocenters. The normalized spacial score (nSPS) is 12.6. The van der Waals surface area contributed by atoms with Crippen molar-refractivity contribution in [2.24, 2.45) is 0 Å². The molecule has 134 valence electrons.